The SMILES string of the molecule is NN=C(N)C1NC[C@@H](Cc2ccccc2)N1. The number of benzene rings is 1. The lowest BCUT2D eigenvalue weighted by molar-refractivity contribution is 0.600. The molecule has 16 heavy (non-hydrogen) atoms. The molecular formula is C11H17N5. The van der Waals surface area contributed by atoms with Gasteiger partial charge >= 0.3 is 0 Å². The minimum atomic E-state index is -0.0984. The summed E-state index contributed by atoms with van der Waals surface area (Å²) in [7, 11) is 0. The number of hydrogen-bond acceptors (Lipinski definition) is 4. The monoisotopic (exact) mass is 219 g/mol. The van der Waals surface area contributed by atoms with Gasteiger partial charge in [-0.1, -0.05) is 30.3 Å². The van der Waals surface area contributed by atoms with Gasteiger partial charge in [0.15, 0.2) is 5.84 Å². The average Bonchev–Trinajstić information content (AvgIpc) is 2.78. The summed E-state index contributed by atoms with van der Waals surface area (Å²) in [5.74, 6) is 5.53. The van der Waals surface area contributed by atoms with Crippen LogP contribution in [0.2, 0.25) is 0 Å². The molecule has 0 aromatic heterocycles. The van der Waals surface area contributed by atoms with E-state index in [1.165, 1.54) is 5.56 Å². The number of hydrazone groups is 1. The summed E-state index contributed by atoms with van der Waals surface area (Å²) in [5, 5.41) is 10.1. The van der Waals surface area contributed by atoms with Gasteiger partial charge in [-0.2, -0.15) is 5.10 Å². The molecule has 0 bridgehead atoms. The van der Waals surface area contributed by atoms with E-state index in [0.717, 1.165) is 13.0 Å². The molecule has 6 N–H and O–H groups in total. The van der Waals surface area contributed by atoms with Crippen molar-refractivity contribution in [2.75, 3.05) is 6.54 Å². The molecule has 2 rings (SSSR count). The second-order valence-corrected chi connectivity index (χ2v) is 3.95. The molecule has 1 aromatic rings. The molecule has 2 atom stereocenters. The molecule has 86 valence electrons. The van der Waals surface area contributed by atoms with Crippen LogP contribution < -0.4 is 22.2 Å². The number of nitrogens with two attached hydrogens (primary N) is 2. The predicted octanol–water partition coefficient (Wildman–Crippen LogP) is -0.652. The molecule has 1 fully saturated rings. The molecule has 0 amide bonds. The number of rotatable bonds is 3. The first-order chi connectivity index (χ1) is 7.79. The van der Waals surface area contributed by atoms with Crippen LogP contribution in [-0.4, -0.2) is 24.6 Å². The van der Waals surface area contributed by atoms with Crippen molar-refractivity contribution in [1.82, 2.24) is 10.6 Å². The Labute approximate surface area is 94.9 Å². The molecule has 1 unspecified atom stereocenters. The summed E-state index contributed by atoms with van der Waals surface area (Å²) >= 11 is 0. The summed E-state index contributed by atoms with van der Waals surface area (Å²) < 4.78 is 0. The van der Waals surface area contributed by atoms with Crippen molar-refractivity contribution in [2.24, 2.45) is 16.7 Å². The predicted molar refractivity (Wildman–Crippen MR) is 64.7 cm³/mol. The summed E-state index contributed by atoms with van der Waals surface area (Å²) in [6, 6.07) is 10.7. The van der Waals surface area contributed by atoms with E-state index in [-0.39, 0.29) is 6.17 Å². The average molecular weight is 219 g/mol. The topological polar surface area (TPSA) is 88.5 Å². The van der Waals surface area contributed by atoms with Gasteiger partial charge in [0, 0.05) is 12.6 Å². The summed E-state index contributed by atoms with van der Waals surface area (Å²) in [6.45, 7) is 0.871. The summed E-state index contributed by atoms with van der Waals surface area (Å²) in [6.07, 6.45) is 0.876. The summed E-state index contributed by atoms with van der Waals surface area (Å²) in [5.41, 5.74) is 6.94. The Bertz CT molecular complexity index is 362. The van der Waals surface area contributed by atoms with Crippen LogP contribution in [0.5, 0.6) is 0 Å². The molecule has 1 heterocycles. The Kier molecular flexibility index (Phi) is 3.38. The zero-order valence-electron chi connectivity index (χ0n) is 9.06. The molecule has 0 spiro atoms. The van der Waals surface area contributed by atoms with Gasteiger partial charge in [0.05, 0.1) is 0 Å². The van der Waals surface area contributed by atoms with Crippen molar-refractivity contribution < 1.29 is 0 Å². The van der Waals surface area contributed by atoms with Gasteiger partial charge in [0.25, 0.3) is 0 Å². The minimum absolute atomic E-state index is 0.0984. The van der Waals surface area contributed by atoms with Crippen LogP contribution in [0.1, 0.15) is 5.56 Å². The van der Waals surface area contributed by atoms with Crippen molar-refractivity contribution in [3.63, 3.8) is 0 Å². The van der Waals surface area contributed by atoms with Gasteiger partial charge in [0.2, 0.25) is 0 Å². The van der Waals surface area contributed by atoms with Crippen LogP contribution in [0.4, 0.5) is 0 Å². The van der Waals surface area contributed by atoms with E-state index in [9.17, 15) is 0 Å². The highest BCUT2D eigenvalue weighted by atomic mass is 15.3. The van der Waals surface area contributed by atoms with Crippen LogP contribution in [0.25, 0.3) is 0 Å². The Balaban J connectivity index is 1.90. The van der Waals surface area contributed by atoms with Crippen LogP contribution in [0.15, 0.2) is 35.4 Å². The van der Waals surface area contributed by atoms with Crippen LogP contribution in [0.3, 0.4) is 0 Å². The zero-order chi connectivity index (χ0) is 11.4. The van der Waals surface area contributed by atoms with Gasteiger partial charge in [0.1, 0.15) is 6.17 Å². The van der Waals surface area contributed by atoms with Gasteiger partial charge in [-0.3, -0.25) is 10.6 Å². The molecule has 1 aromatic carbocycles. The highest BCUT2D eigenvalue weighted by Crippen LogP contribution is 2.06. The third-order valence-electron chi connectivity index (χ3n) is 2.74. The van der Waals surface area contributed by atoms with Crippen LogP contribution >= 0.6 is 0 Å². The van der Waals surface area contributed by atoms with E-state index in [0.29, 0.717) is 11.9 Å². The van der Waals surface area contributed by atoms with E-state index >= 15 is 0 Å². The lowest BCUT2D eigenvalue weighted by Gasteiger charge is -2.12. The van der Waals surface area contributed by atoms with Gasteiger partial charge < -0.3 is 11.6 Å². The first-order valence-electron chi connectivity index (χ1n) is 5.36. The second-order valence-electron chi connectivity index (χ2n) is 3.95. The molecule has 5 heteroatoms. The van der Waals surface area contributed by atoms with Crippen LogP contribution in [0, 0.1) is 0 Å². The first-order valence-corrected chi connectivity index (χ1v) is 5.36. The third-order valence-corrected chi connectivity index (χ3v) is 2.74. The number of nitrogens with zero attached hydrogens (tertiary/aromatic N) is 1. The maximum atomic E-state index is 5.63. The van der Waals surface area contributed by atoms with Crippen molar-refractivity contribution in [3.8, 4) is 0 Å². The molecule has 0 saturated carbocycles. The smallest absolute Gasteiger partial charge is 0.151 e. The van der Waals surface area contributed by atoms with Crippen molar-refractivity contribution in [3.05, 3.63) is 35.9 Å². The molecule has 0 aliphatic carbocycles. The van der Waals surface area contributed by atoms with E-state index < -0.39 is 0 Å². The van der Waals surface area contributed by atoms with Crippen molar-refractivity contribution in [1.29, 1.82) is 0 Å². The Morgan fingerprint density at radius 1 is 1.38 bits per heavy atom. The Hall–Kier alpha value is -1.59. The fraction of sp³-hybridized carbons (Fsp3) is 0.364. The maximum absolute atomic E-state index is 5.63. The van der Waals surface area contributed by atoms with Gasteiger partial charge in [-0.25, -0.2) is 0 Å². The van der Waals surface area contributed by atoms with Crippen LogP contribution in [-0.2, 0) is 6.42 Å². The lowest BCUT2D eigenvalue weighted by atomic mass is 10.1. The molecule has 0 radical (unpaired) electrons. The number of nitrogens with one attached hydrogen (secondary N) is 2. The van der Waals surface area contributed by atoms with E-state index in [4.69, 9.17) is 11.6 Å². The van der Waals surface area contributed by atoms with E-state index in [1.807, 2.05) is 18.2 Å². The lowest BCUT2D eigenvalue weighted by Crippen LogP contribution is -2.46. The maximum Gasteiger partial charge on any atom is 0.151 e. The molecule has 5 nitrogen and oxygen atoms in total. The van der Waals surface area contributed by atoms with E-state index in [2.05, 4.69) is 27.9 Å². The number of amidine groups is 1. The quantitative estimate of drug-likeness (QED) is 0.235. The normalized spacial score (nSPS) is 25.9. The standard InChI is InChI=1S/C11H17N5/c12-10(16-13)11-14-7-9(15-11)6-8-4-2-1-3-5-8/h1-5,9,11,14-15H,6-7,13H2,(H2,12,16)/t9-,11?/m1/s1. The molecule has 1 aliphatic heterocycles. The Morgan fingerprint density at radius 3 is 2.81 bits per heavy atom. The Morgan fingerprint density at radius 2 is 2.12 bits per heavy atom. The molecular weight excluding hydrogens is 202 g/mol. The second kappa shape index (κ2) is 4.96. The van der Waals surface area contributed by atoms with Gasteiger partial charge in [-0.15, -0.1) is 0 Å². The number of hydrogen-bond donors (Lipinski definition) is 4. The summed E-state index contributed by atoms with van der Waals surface area (Å²) in [4.78, 5) is 0. The minimum Gasteiger partial charge on any atom is -0.383 e. The van der Waals surface area contributed by atoms with E-state index in [1.54, 1.807) is 0 Å². The molecule has 1 saturated heterocycles. The zero-order valence-corrected chi connectivity index (χ0v) is 9.06. The highest BCUT2D eigenvalue weighted by Gasteiger charge is 2.25. The highest BCUT2D eigenvalue weighted by molar-refractivity contribution is 5.85. The first kappa shape index (κ1) is 10.9. The van der Waals surface area contributed by atoms with Crippen molar-refractivity contribution >= 4 is 5.84 Å². The molecule has 1 aliphatic rings. The van der Waals surface area contributed by atoms with Crippen molar-refractivity contribution in [2.45, 2.75) is 18.6 Å². The largest absolute Gasteiger partial charge is 0.383 e. The van der Waals surface area contributed by atoms with Gasteiger partial charge in [-0.05, 0) is 12.0 Å². The fourth-order valence-electron chi connectivity index (χ4n) is 1.91. The fourth-order valence-corrected chi connectivity index (χ4v) is 1.91. The third kappa shape index (κ3) is 2.50.